The van der Waals surface area contributed by atoms with Crippen LogP contribution < -0.4 is 10.6 Å². The molecule has 0 atom stereocenters. The van der Waals surface area contributed by atoms with Crippen LogP contribution in [0.2, 0.25) is 0 Å². The van der Waals surface area contributed by atoms with Crippen molar-refractivity contribution in [3.8, 4) is 0 Å². The van der Waals surface area contributed by atoms with E-state index in [9.17, 15) is 14.7 Å². The Kier molecular flexibility index (Phi) is 4.75. The first-order chi connectivity index (χ1) is 9.97. The normalized spacial score (nSPS) is 16.3. The molecular weight excluding hydrogens is 268 g/mol. The lowest BCUT2D eigenvalue weighted by atomic mass is 9.80. The highest BCUT2D eigenvalue weighted by Gasteiger charge is 2.34. The highest BCUT2D eigenvalue weighted by molar-refractivity contribution is 5.92. The number of carbonyl (C=O) groups excluding carboxylic acids is 2. The van der Waals surface area contributed by atoms with Crippen molar-refractivity contribution in [2.45, 2.75) is 31.8 Å². The van der Waals surface area contributed by atoms with Crippen molar-refractivity contribution in [1.29, 1.82) is 0 Å². The van der Waals surface area contributed by atoms with Gasteiger partial charge in [0.2, 0.25) is 11.8 Å². The van der Waals surface area contributed by atoms with E-state index in [1.54, 1.807) is 18.2 Å². The van der Waals surface area contributed by atoms with Crippen molar-refractivity contribution in [2.75, 3.05) is 11.9 Å². The van der Waals surface area contributed by atoms with Crippen molar-refractivity contribution < 1.29 is 14.7 Å². The first-order valence-corrected chi connectivity index (χ1v) is 7.03. The number of hydrogen-bond donors (Lipinski definition) is 3. The number of rotatable bonds is 5. The van der Waals surface area contributed by atoms with E-state index in [1.165, 1.54) is 13.0 Å². The first kappa shape index (κ1) is 15.3. The minimum absolute atomic E-state index is 0.119. The predicted octanol–water partition coefficient (Wildman–Crippen LogP) is 1.69. The van der Waals surface area contributed by atoms with Crippen molar-refractivity contribution in [3.63, 3.8) is 0 Å². The van der Waals surface area contributed by atoms with Gasteiger partial charge in [0, 0.05) is 25.2 Å². The zero-order valence-corrected chi connectivity index (χ0v) is 12.1. The molecule has 5 heteroatoms. The van der Waals surface area contributed by atoms with Crippen LogP contribution in [0.1, 0.15) is 31.7 Å². The van der Waals surface area contributed by atoms with Gasteiger partial charge in [-0.3, -0.25) is 9.59 Å². The zero-order valence-electron chi connectivity index (χ0n) is 12.1. The summed E-state index contributed by atoms with van der Waals surface area (Å²) in [5.41, 5.74) is 0.877. The second kappa shape index (κ2) is 6.54. The maximum atomic E-state index is 11.6. The van der Waals surface area contributed by atoms with Gasteiger partial charge in [-0.25, -0.2) is 0 Å². The van der Waals surface area contributed by atoms with Gasteiger partial charge in [0.25, 0.3) is 0 Å². The number of aliphatic hydroxyl groups is 1. The maximum absolute atomic E-state index is 11.6. The number of hydrogen-bond acceptors (Lipinski definition) is 3. The lowest BCUT2D eigenvalue weighted by Crippen LogP contribution is -2.47. The smallest absolute Gasteiger partial charge is 0.244 e. The third-order valence-electron chi connectivity index (χ3n) is 3.53. The summed E-state index contributed by atoms with van der Waals surface area (Å²) in [5, 5.41) is 15.2. The molecular formula is C16H20N2O3. The van der Waals surface area contributed by atoms with Gasteiger partial charge in [-0.1, -0.05) is 12.1 Å². The Hall–Kier alpha value is -2.14. The number of carbonyl (C=O) groups is 2. The molecule has 2 amide bonds. The van der Waals surface area contributed by atoms with Gasteiger partial charge in [0.05, 0.1) is 5.60 Å². The van der Waals surface area contributed by atoms with Crippen LogP contribution in [0.3, 0.4) is 0 Å². The number of nitrogens with one attached hydrogen (secondary N) is 2. The van der Waals surface area contributed by atoms with Gasteiger partial charge in [-0.2, -0.15) is 0 Å². The van der Waals surface area contributed by atoms with E-state index >= 15 is 0 Å². The number of amides is 2. The summed E-state index contributed by atoms with van der Waals surface area (Å²) in [6, 6.07) is 7.18. The highest BCUT2D eigenvalue weighted by atomic mass is 16.3. The van der Waals surface area contributed by atoms with E-state index in [-0.39, 0.29) is 11.8 Å². The van der Waals surface area contributed by atoms with Crippen LogP contribution in [0.5, 0.6) is 0 Å². The van der Waals surface area contributed by atoms with Gasteiger partial charge in [-0.05, 0) is 43.0 Å². The Labute approximate surface area is 124 Å². The van der Waals surface area contributed by atoms with Gasteiger partial charge in [-0.15, -0.1) is 0 Å². The monoisotopic (exact) mass is 288 g/mol. The molecule has 112 valence electrons. The summed E-state index contributed by atoms with van der Waals surface area (Å²) in [4.78, 5) is 22.5. The summed E-state index contributed by atoms with van der Waals surface area (Å²) in [6.07, 6.45) is 5.65. The lowest BCUT2D eigenvalue weighted by Gasteiger charge is -2.36. The first-order valence-electron chi connectivity index (χ1n) is 7.03. The summed E-state index contributed by atoms with van der Waals surface area (Å²) in [7, 11) is 0. The number of anilines is 1. The molecule has 1 fully saturated rings. The predicted molar refractivity (Wildman–Crippen MR) is 81.6 cm³/mol. The molecule has 0 radical (unpaired) electrons. The SMILES string of the molecule is CC(=O)Nc1ccc(C=CC(=O)NCC2(O)CCC2)cc1. The summed E-state index contributed by atoms with van der Waals surface area (Å²) in [5.74, 6) is -0.340. The zero-order chi connectivity index (χ0) is 15.3. The molecule has 0 unspecified atom stereocenters. The molecule has 0 heterocycles. The molecule has 0 aliphatic heterocycles. The molecule has 1 aliphatic rings. The van der Waals surface area contributed by atoms with Crippen molar-refractivity contribution in [2.24, 2.45) is 0 Å². The van der Waals surface area contributed by atoms with Crippen LogP contribution in [-0.4, -0.2) is 29.1 Å². The third kappa shape index (κ3) is 4.72. The molecule has 3 N–H and O–H groups in total. The van der Waals surface area contributed by atoms with E-state index in [1.807, 2.05) is 12.1 Å². The Bertz CT molecular complexity index is 545. The quantitative estimate of drug-likeness (QED) is 0.721. The highest BCUT2D eigenvalue weighted by Crippen LogP contribution is 2.30. The Morgan fingerprint density at radius 1 is 1.29 bits per heavy atom. The molecule has 1 aromatic rings. The standard InChI is InChI=1S/C16H20N2O3/c1-12(19)18-14-6-3-13(4-7-14)5-8-15(20)17-11-16(21)9-2-10-16/h3-8,21H,2,9-11H2,1H3,(H,17,20)(H,18,19). The van der Waals surface area contributed by atoms with E-state index in [4.69, 9.17) is 0 Å². The maximum Gasteiger partial charge on any atom is 0.244 e. The summed E-state index contributed by atoms with van der Waals surface area (Å²) in [6.45, 7) is 1.76. The molecule has 0 bridgehead atoms. The topological polar surface area (TPSA) is 78.4 Å². The van der Waals surface area contributed by atoms with Crippen LogP contribution >= 0.6 is 0 Å². The van der Waals surface area contributed by atoms with Gasteiger partial charge >= 0.3 is 0 Å². The fourth-order valence-corrected chi connectivity index (χ4v) is 2.12. The molecule has 0 spiro atoms. The summed E-state index contributed by atoms with van der Waals surface area (Å²) >= 11 is 0. The fourth-order valence-electron chi connectivity index (χ4n) is 2.12. The van der Waals surface area contributed by atoms with Crippen LogP contribution in [-0.2, 0) is 9.59 Å². The molecule has 0 saturated heterocycles. The molecule has 21 heavy (non-hydrogen) atoms. The minimum atomic E-state index is -0.705. The lowest BCUT2D eigenvalue weighted by molar-refractivity contribution is -0.119. The number of benzene rings is 1. The second-order valence-electron chi connectivity index (χ2n) is 5.43. The largest absolute Gasteiger partial charge is 0.388 e. The molecule has 5 nitrogen and oxygen atoms in total. The fraction of sp³-hybridized carbons (Fsp3) is 0.375. The van der Waals surface area contributed by atoms with Crippen molar-refractivity contribution in [1.82, 2.24) is 5.32 Å². The Morgan fingerprint density at radius 3 is 2.48 bits per heavy atom. The van der Waals surface area contributed by atoms with Crippen LogP contribution in [0, 0.1) is 0 Å². The molecule has 0 aromatic heterocycles. The molecule has 2 rings (SSSR count). The minimum Gasteiger partial charge on any atom is -0.388 e. The Balaban J connectivity index is 1.82. The molecule has 1 saturated carbocycles. The van der Waals surface area contributed by atoms with E-state index in [2.05, 4.69) is 10.6 Å². The second-order valence-corrected chi connectivity index (χ2v) is 5.43. The van der Waals surface area contributed by atoms with Crippen LogP contribution in [0.15, 0.2) is 30.3 Å². The van der Waals surface area contributed by atoms with E-state index < -0.39 is 5.60 Å². The molecule has 1 aromatic carbocycles. The molecule has 1 aliphatic carbocycles. The summed E-state index contributed by atoms with van der Waals surface area (Å²) < 4.78 is 0. The van der Waals surface area contributed by atoms with Crippen molar-refractivity contribution in [3.05, 3.63) is 35.9 Å². The van der Waals surface area contributed by atoms with E-state index in [0.717, 1.165) is 30.5 Å². The van der Waals surface area contributed by atoms with Gasteiger partial charge in [0.15, 0.2) is 0 Å². The van der Waals surface area contributed by atoms with Gasteiger partial charge in [0.1, 0.15) is 0 Å². The van der Waals surface area contributed by atoms with Crippen molar-refractivity contribution >= 4 is 23.6 Å². The Morgan fingerprint density at radius 2 is 1.95 bits per heavy atom. The van der Waals surface area contributed by atoms with Crippen LogP contribution in [0.25, 0.3) is 6.08 Å². The average Bonchev–Trinajstić information content (AvgIpc) is 2.41. The third-order valence-corrected chi connectivity index (χ3v) is 3.53. The van der Waals surface area contributed by atoms with Gasteiger partial charge < -0.3 is 15.7 Å². The van der Waals surface area contributed by atoms with Crippen LogP contribution in [0.4, 0.5) is 5.69 Å². The van der Waals surface area contributed by atoms with E-state index in [0.29, 0.717) is 6.54 Å². The average molecular weight is 288 g/mol.